The fourth-order valence-corrected chi connectivity index (χ4v) is 3.55. The minimum absolute atomic E-state index is 0.0796. The zero-order valence-electron chi connectivity index (χ0n) is 14.6. The molecule has 3 rings (SSSR count). The van der Waals surface area contributed by atoms with E-state index in [9.17, 15) is 14.0 Å². The van der Waals surface area contributed by atoms with Crippen molar-refractivity contribution < 1.29 is 14.0 Å². The molecule has 2 fully saturated rings. The molecule has 0 spiro atoms. The molecule has 2 N–H and O–H groups in total. The van der Waals surface area contributed by atoms with Crippen LogP contribution in [-0.2, 0) is 16.1 Å². The Hall–Kier alpha value is -2.15. The van der Waals surface area contributed by atoms with Crippen LogP contribution in [0.25, 0.3) is 0 Å². The van der Waals surface area contributed by atoms with E-state index in [1.165, 1.54) is 13.0 Å². The SMILES string of the molecule is CC(=O)N1CCC[C@@H]1C(=O)NCc1ccc(N2CCNCC2)c(F)c1. The Morgan fingerprint density at radius 2 is 2.04 bits per heavy atom. The summed E-state index contributed by atoms with van der Waals surface area (Å²) in [5.74, 6) is -0.511. The maximum atomic E-state index is 14.4. The van der Waals surface area contributed by atoms with Gasteiger partial charge in [-0.2, -0.15) is 0 Å². The number of hydrogen-bond donors (Lipinski definition) is 2. The van der Waals surface area contributed by atoms with E-state index in [2.05, 4.69) is 10.6 Å². The second-order valence-corrected chi connectivity index (χ2v) is 6.61. The fourth-order valence-electron chi connectivity index (χ4n) is 3.55. The Morgan fingerprint density at radius 1 is 1.28 bits per heavy atom. The van der Waals surface area contributed by atoms with Crippen LogP contribution in [-0.4, -0.2) is 55.5 Å². The lowest BCUT2D eigenvalue weighted by Gasteiger charge is -2.29. The minimum atomic E-state index is -0.400. The van der Waals surface area contributed by atoms with Crippen molar-refractivity contribution in [1.29, 1.82) is 0 Å². The smallest absolute Gasteiger partial charge is 0.243 e. The van der Waals surface area contributed by atoms with Gasteiger partial charge < -0.3 is 20.4 Å². The van der Waals surface area contributed by atoms with Crippen LogP contribution >= 0.6 is 0 Å². The number of amides is 2. The molecule has 0 aliphatic carbocycles. The van der Waals surface area contributed by atoms with Gasteiger partial charge in [0.2, 0.25) is 11.8 Å². The summed E-state index contributed by atoms with van der Waals surface area (Å²) < 4.78 is 14.4. The van der Waals surface area contributed by atoms with Crippen molar-refractivity contribution in [3.8, 4) is 0 Å². The third-order valence-corrected chi connectivity index (χ3v) is 4.90. The average Bonchev–Trinajstić information content (AvgIpc) is 3.11. The van der Waals surface area contributed by atoms with Gasteiger partial charge in [0.25, 0.3) is 0 Å². The minimum Gasteiger partial charge on any atom is -0.367 e. The fraction of sp³-hybridized carbons (Fsp3) is 0.556. The molecule has 2 heterocycles. The number of piperazine rings is 1. The van der Waals surface area contributed by atoms with Gasteiger partial charge in [0.05, 0.1) is 5.69 Å². The molecule has 2 saturated heterocycles. The molecule has 6 nitrogen and oxygen atoms in total. The largest absolute Gasteiger partial charge is 0.367 e. The first-order chi connectivity index (χ1) is 12.1. The van der Waals surface area contributed by atoms with E-state index in [1.54, 1.807) is 11.0 Å². The maximum absolute atomic E-state index is 14.4. The molecule has 7 heteroatoms. The molecule has 136 valence electrons. The van der Waals surface area contributed by atoms with Crippen molar-refractivity contribution in [2.75, 3.05) is 37.6 Å². The molecule has 0 unspecified atom stereocenters. The molecule has 2 aliphatic rings. The highest BCUT2D eigenvalue weighted by Gasteiger charge is 2.32. The number of likely N-dealkylation sites (tertiary alicyclic amines) is 1. The Kier molecular flexibility index (Phi) is 5.53. The molecule has 1 aromatic carbocycles. The number of carbonyl (C=O) groups is 2. The normalized spacial score (nSPS) is 20.6. The van der Waals surface area contributed by atoms with Crippen molar-refractivity contribution in [3.05, 3.63) is 29.6 Å². The molecule has 0 saturated carbocycles. The molecule has 0 bridgehead atoms. The van der Waals surface area contributed by atoms with Gasteiger partial charge in [-0.25, -0.2) is 4.39 Å². The summed E-state index contributed by atoms with van der Waals surface area (Å²) in [6.07, 6.45) is 1.52. The first-order valence-electron chi connectivity index (χ1n) is 8.85. The van der Waals surface area contributed by atoms with Crippen LogP contribution in [0.5, 0.6) is 0 Å². The van der Waals surface area contributed by atoms with Crippen molar-refractivity contribution >= 4 is 17.5 Å². The molecule has 2 aliphatic heterocycles. The van der Waals surface area contributed by atoms with Crippen LogP contribution in [0.4, 0.5) is 10.1 Å². The predicted molar refractivity (Wildman–Crippen MR) is 93.7 cm³/mol. The topological polar surface area (TPSA) is 64.7 Å². The second kappa shape index (κ2) is 7.82. The Morgan fingerprint density at radius 3 is 2.72 bits per heavy atom. The van der Waals surface area contributed by atoms with E-state index in [0.29, 0.717) is 18.7 Å². The summed E-state index contributed by atoms with van der Waals surface area (Å²) in [5, 5.41) is 6.08. The molecule has 1 atom stereocenters. The molecule has 25 heavy (non-hydrogen) atoms. The Labute approximate surface area is 147 Å². The predicted octanol–water partition coefficient (Wildman–Crippen LogP) is 0.862. The van der Waals surface area contributed by atoms with E-state index >= 15 is 0 Å². The highest BCUT2D eigenvalue weighted by Crippen LogP contribution is 2.21. The van der Waals surface area contributed by atoms with Crippen LogP contribution in [0.15, 0.2) is 18.2 Å². The summed E-state index contributed by atoms with van der Waals surface area (Å²) in [5.41, 5.74) is 1.33. The first-order valence-corrected chi connectivity index (χ1v) is 8.85. The lowest BCUT2D eigenvalue weighted by atomic mass is 10.1. The van der Waals surface area contributed by atoms with Gasteiger partial charge in [-0.1, -0.05) is 6.07 Å². The Bertz CT molecular complexity index is 646. The molecule has 2 amide bonds. The van der Waals surface area contributed by atoms with E-state index in [1.807, 2.05) is 11.0 Å². The van der Waals surface area contributed by atoms with Gasteiger partial charge in [-0.3, -0.25) is 9.59 Å². The third kappa shape index (κ3) is 4.10. The highest BCUT2D eigenvalue weighted by molar-refractivity contribution is 5.87. The van der Waals surface area contributed by atoms with Crippen molar-refractivity contribution in [1.82, 2.24) is 15.5 Å². The number of nitrogens with zero attached hydrogens (tertiary/aromatic N) is 2. The van der Waals surface area contributed by atoms with Gasteiger partial charge in [-0.05, 0) is 30.5 Å². The van der Waals surface area contributed by atoms with E-state index in [4.69, 9.17) is 0 Å². The summed E-state index contributed by atoms with van der Waals surface area (Å²) in [7, 11) is 0. The van der Waals surface area contributed by atoms with E-state index in [-0.39, 0.29) is 24.2 Å². The van der Waals surface area contributed by atoms with Gasteiger partial charge in [0.1, 0.15) is 11.9 Å². The Balaban J connectivity index is 1.59. The monoisotopic (exact) mass is 348 g/mol. The summed E-state index contributed by atoms with van der Waals surface area (Å²) in [6, 6.07) is 4.70. The van der Waals surface area contributed by atoms with Crippen LogP contribution in [0.1, 0.15) is 25.3 Å². The quantitative estimate of drug-likeness (QED) is 0.847. The van der Waals surface area contributed by atoms with Gasteiger partial charge >= 0.3 is 0 Å². The number of hydrogen-bond acceptors (Lipinski definition) is 4. The second-order valence-electron chi connectivity index (χ2n) is 6.61. The number of nitrogens with one attached hydrogen (secondary N) is 2. The highest BCUT2D eigenvalue weighted by atomic mass is 19.1. The summed E-state index contributed by atoms with van der Waals surface area (Å²) in [6.45, 7) is 5.65. The van der Waals surface area contributed by atoms with Crippen LogP contribution in [0.3, 0.4) is 0 Å². The lowest BCUT2D eigenvalue weighted by Crippen LogP contribution is -2.45. The van der Waals surface area contributed by atoms with Gasteiger partial charge in [0, 0.05) is 46.2 Å². The van der Waals surface area contributed by atoms with Crippen LogP contribution < -0.4 is 15.5 Å². The zero-order chi connectivity index (χ0) is 17.8. The number of benzene rings is 1. The van der Waals surface area contributed by atoms with Crippen molar-refractivity contribution in [3.63, 3.8) is 0 Å². The summed E-state index contributed by atoms with van der Waals surface area (Å²) in [4.78, 5) is 27.5. The zero-order valence-corrected chi connectivity index (χ0v) is 14.6. The van der Waals surface area contributed by atoms with E-state index < -0.39 is 6.04 Å². The number of anilines is 1. The van der Waals surface area contributed by atoms with Crippen molar-refractivity contribution in [2.45, 2.75) is 32.4 Å². The average molecular weight is 348 g/mol. The van der Waals surface area contributed by atoms with E-state index in [0.717, 1.165) is 38.2 Å². The number of halogens is 1. The lowest BCUT2D eigenvalue weighted by molar-refractivity contribution is -0.136. The number of rotatable bonds is 4. The third-order valence-electron chi connectivity index (χ3n) is 4.90. The number of carbonyl (C=O) groups excluding carboxylic acids is 2. The standard InChI is InChI=1S/C18H25FN4O2/c1-13(24)23-8-2-3-17(23)18(25)21-12-14-4-5-16(15(19)11-14)22-9-6-20-7-10-22/h4-5,11,17,20H,2-3,6-10,12H2,1H3,(H,21,25)/t17-/m1/s1. The molecular formula is C18H25FN4O2. The summed E-state index contributed by atoms with van der Waals surface area (Å²) >= 11 is 0. The molecule has 0 radical (unpaired) electrons. The maximum Gasteiger partial charge on any atom is 0.243 e. The molecule has 1 aromatic rings. The van der Waals surface area contributed by atoms with Crippen LogP contribution in [0.2, 0.25) is 0 Å². The first kappa shape index (κ1) is 17.7. The van der Waals surface area contributed by atoms with Gasteiger partial charge in [0.15, 0.2) is 0 Å². The van der Waals surface area contributed by atoms with Crippen LogP contribution in [0, 0.1) is 5.82 Å². The molecule has 0 aromatic heterocycles. The van der Waals surface area contributed by atoms with Crippen molar-refractivity contribution in [2.24, 2.45) is 0 Å². The molecular weight excluding hydrogens is 323 g/mol. The van der Waals surface area contributed by atoms with Gasteiger partial charge in [-0.15, -0.1) is 0 Å².